The number of aromatic nitrogens is 3. The van der Waals surface area contributed by atoms with E-state index in [1.807, 2.05) is 30.3 Å². The molecule has 0 bridgehead atoms. The fourth-order valence-corrected chi connectivity index (χ4v) is 4.64. The van der Waals surface area contributed by atoms with Gasteiger partial charge in [0.15, 0.2) is 5.82 Å². The van der Waals surface area contributed by atoms with E-state index in [1.54, 1.807) is 12.4 Å². The first-order chi connectivity index (χ1) is 14.8. The minimum absolute atomic E-state index is 0.144. The van der Waals surface area contributed by atoms with E-state index in [0.29, 0.717) is 11.7 Å². The Morgan fingerprint density at radius 3 is 2.47 bits per heavy atom. The van der Waals surface area contributed by atoms with Crippen LogP contribution in [0.3, 0.4) is 0 Å². The number of anilines is 1. The van der Waals surface area contributed by atoms with Crippen LogP contribution in [0.1, 0.15) is 32.1 Å². The second kappa shape index (κ2) is 8.38. The van der Waals surface area contributed by atoms with Crippen molar-refractivity contribution in [3.05, 3.63) is 48.8 Å². The van der Waals surface area contributed by atoms with E-state index < -0.39 is 0 Å². The van der Waals surface area contributed by atoms with Gasteiger partial charge in [0.25, 0.3) is 0 Å². The Morgan fingerprint density at radius 2 is 1.70 bits per heavy atom. The Kier molecular flexibility index (Phi) is 5.30. The van der Waals surface area contributed by atoms with Gasteiger partial charge in [0.05, 0.1) is 5.52 Å². The van der Waals surface area contributed by atoms with E-state index in [-0.39, 0.29) is 5.92 Å². The number of rotatable bonds is 3. The maximum absolute atomic E-state index is 12.9. The van der Waals surface area contributed by atoms with Crippen LogP contribution >= 0.6 is 0 Å². The van der Waals surface area contributed by atoms with E-state index in [4.69, 9.17) is 9.97 Å². The number of fused-ring (bicyclic) bond motifs is 1. The molecule has 2 aromatic heterocycles. The smallest absolute Gasteiger partial charge is 0.225 e. The quantitative estimate of drug-likeness (QED) is 0.666. The molecular weight excluding hydrogens is 374 g/mol. The van der Waals surface area contributed by atoms with Crippen LogP contribution in [-0.2, 0) is 4.79 Å². The molecule has 6 nitrogen and oxygen atoms in total. The van der Waals surface area contributed by atoms with Crippen LogP contribution in [-0.4, -0.2) is 51.9 Å². The molecule has 2 aliphatic rings. The number of nitrogens with zero attached hydrogens (tertiary/aromatic N) is 5. The van der Waals surface area contributed by atoms with Crippen LogP contribution in [0.25, 0.3) is 22.3 Å². The summed E-state index contributed by atoms with van der Waals surface area (Å²) in [7, 11) is 0. The van der Waals surface area contributed by atoms with Crippen LogP contribution in [0.4, 0.5) is 5.82 Å². The van der Waals surface area contributed by atoms with E-state index in [0.717, 1.165) is 74.1 Å². The normalized spacial score (nSPS) is 18.0. The van der Waals surface area contributed by atoms with Crippen LogP contribution < -0.4 is 4.90 Å². The molecule has 2 saturated heterocycles. The van der Waals surface area contributed by atoms with E-state index in [2.05, 4.69) is 20.9 Å². The van der Waals surface area contributed by atoms with Crippen molar-refractivity contribution in [2.24, 2.45) is 5.92 Å². The van der Waals surface area contributed by atoms with Gasteiger partial charge >= 0.3 is 0 Å². The highest BCUT2D eigenvalue weighted by atomic mass is 16.2. The summed E-state index contributed by atoms with van der Waals surface area (Å²) < 4.78 is 0. The van der Waals surface area contributed by atoms with E-state index in [9.17, 15) is 4.79 Å². The van der Waals surface area contributed by atoms with Crippen molar-refractivity contribution in [1.29, 1.82) is 0 Å². The number of benzene rings is 1. The van der Waals surface area contributed by atoms with Crippen molar-refractivity contribution < 1.29 is 4.79 Å². The maximum atomic E-state index is 12.9. The summed E-state index contributed by atoms with van der Waals surface area (Å²) in [6.07, 6.45) is 8.88. The van der Waals surface area contributed by atoms with Crippen molar-refractivity contribution in [3.63, 3.8) is 0 Å². The number of pyridine rings is 1. The second-order valence-electron chi connectivity index (χ2n) is 8.28. The molecule has 0 N–H and O–H groups in total. The van der Waals surface area contributed by atoms with Gasteiger partial charge in [0.2, 0.25) is 5.91 Å². The lowest BCUT2D eigenvalue weighted by Crippen LogP contribution is -2.44. The van der Waals surface area contributed by atoms with Crippen molar-refractivity contribution in [1.82, 2.24) is 19.9 Å². The minimum Gasteiger partial charge on any atom is -0.356 e. The molecule has 0 unspecified atom stereocenters. The highest BCUT2D eigenvalue weighted by Crippen LogP contribution is 2.31. The molecule has 2 fully saturated rings. The fourth-order valence-electron chi connectivity index (χ4n) is 4.64. The molecule has 0 spiro atoms. The fraction of sp³-hybridized carbons (Fsp3) is 0.417. The Balaban J connectivity index is 1.39. The third-order valence-corrected chi connectivity index (χ3v) is 6.31. The molecular formula is C24H27N5O. The molecule has 0 saturated carbocycles. The summed E-state index contributed by atoms with van der Waals surface area (Å²) in [5.41, 5.74) is 1.85. The topological polar surface area (TPSA) is 62.2 Å². The van der Waals surface area contributed by atoms with Gasteiger partial charge in [0.1, 0.15) is 5.82 Å². The van der Waals surface area contributed by atoms with Crippen molar-refractivity contribution in [2.45, 2.75) is 32.1 Å². The summed E-state index contributed by atoms with van der Waals surface area (Å²) in [5, 5.41) is 1.06. The summed E-state index contributed by atoms with van der Waals surface area (Å²) in [5.74, 6) is 2.16. The van der Waals surface area contributed by atoms with Gasteiger partial charge in [-0.05, 0) is 56.4 Å². The predicted molar refractivity (Wildman–Crippen MR) is 118 cm³/mol. The minimum atomic E-state index is 0.144. The number of likely N-dealkylation sites (tertiary alicyclic amines) is 1. The number of para-hydroxylation sites is 1. The predicted octanol–water partition coefficient (Wildman–Crippen LogP) is 3.92. The van der Waals surface area contributed by atoms with Gasteiger partial charge in [-0.2, -0.15) is 0 Å². The average molecular weight is 402 g/mol. The molecule has 1 aromatic carbocycles. The SMILES string of the molecule is O=C(C1CCN(c2nc(-c3cccnc3)nc3ccccc23)CC1)N1CCCCC1. The van der Waals surface area contributed by atoms with Gasteiger partial charge in [-0.1, -0.05) is 12.1 Å². The number of carbonyl (C=O) groups excluding carboxylic acids is 1. The molecule has 4 heterocycles. The standard InChI is InChI=1S/C24H27N5O/c30-24(29-13-4-1-5-14-29)18-10-15-28(16-11-18)23-20-8-2-3-9-21(20)26-22(27-23)19-7-6-12-25-17-19/h2-3,6-9,12,17-18H,1,4-5,10-11,13-16H2. The summed E-state index contributed by atoms with van der Waals surface area (Å²) >= 11 is 0. The molecule has 0 aliphatic carbocycles. The molecule has 0 atom stereocenters. The number of hydrogen-bond acceptors (Lipinski definition) is 5. The lowest BCUT2D eigenvalue weighted by Gasteiger charge is -2.36. The van der Waals surface area contributed by atoms with E-state index >= 15 is 0 Å². The highest BCUT2D eigenvalue weighted by molar-refractivity contribution is 5.91. The molecule has 1 amide bonds. The van der Waals surface area contributed by atoms with Crippen molar-refractivity contribution in [3.8, 4) is 11.4 Å². The van der Waals surface area contributed by atoms with Gasteiger partial charge in [0, 0.05) is 55.4 Å². The largest absolute Gasteiger partial charge is 0.356 e. The number of hydrogen-bond donors (Lipinski definition) is 0. The van der Waals surface area contributed by atoms with Crippen LogP contribution in [0, 0.1) is 5.92 Å². The molecule has 0 radical (unpaired) electrons. The van der Waals surface area contributed by atoms with Crippen LogP contribution in [0.5, 0.6) is 0 Å². The zero-order valence-corrected chi connectivity index (χ0v) is 17.2. The first-order valence-electron chi connectivity index (χ1n) is 11.0. The molecule has 2 aliphatic heterocycles. The van der Waals surface area contributed by atoms with Crippen LogP contribution in [0.15, 0.2) is 48.8 Å². The molecule has 3 aromatic rings. The number of piperidine rings is 2. The van der Waals surface area contributed by atoms with Crippen molar-refractivity contribution >= 4 is 22.6 Å². The Bertz CT molecular complexity index is 1020. The van der Waals surface area contributed by atoms with Crippen LogP contribution in [0.2, 0.25) is 0 Å². The molecule has 6 heteroatoms. The van der Waals surface area contributed by atoms with Crippen molar-refractivity contribution in [2.75, 3.05) is 31.1 Å². The lowest BCUT2D eigenvalue weighted by atomic mass is 9.94. The number of amides is 1. The second-order valence-corrected chi connectivity index (χ2v) is 8.28. The lowest BCUT2D eigenvalue weighted by molar-refractivity contribution is -0.137. The monoisotopic (exact) mass is 401 g/mol. The summed E-state index contributed by atoms with van der Waals surface area (Å²) in [6.45, 7) is 3.56. The number of carbonyl (C=O) groups is 1. The van der Waals surface area contributed by atoms with Gasteiger partial charge < -0.3 is 9.80 Å². The van der Waals surface area contributed by atoms with E-state index in [1.165, 1.54) is 6.42 Å². The first kappa shape index (κ1) is 19.0. The zero-order valence-electron chi connectivity index (χ0n) is 17.2. The van der Waals surface area contributed by atoms with Gasteiger partial charge in [-0.3, -0.25) is 9.78 Å². The summed E-state index contributed by atoms with van der Waals surface area (Å²) in [4.78, 5) is 31.3. The first-order valence-corrected chi connectivity index (χ1v) is 11.0. The third kappa shape index (κ3) is 3.74. The average Bonchev–Trinajstić information content (AvgIpc) is 2.84. The third-order valence-electron chi connectivity index (χ3n) is 6.31. The Hall–Kier alpha value is -3.02. The molecule has 5 rings (SSSR count). The molecule has 30 heavy (non-hydrogen) atoms. The van der Waals surface area contributed by atoms with Gasteiger partial charge in [-0.15, -0.1) is 0 Å². The zero-order chi connectivity index (χ0) is 20.3. The van der Waals surface area contributed by atoms with Gasteiger partial charge in [-0.25, -0.2) is 9.97 Å². The Morgan fingerprint density at radius 1 is 0.900 bits per heavy atom. The molecule has 154 valence electrons. The Labute approximate surface area is 177 Å². The summed E-state index contributed by atoms with van der Waals surface area (Å²) in [6, 6.07) is 12.1. The highest BCUT2D eigenvalue weighted by Gasteiger charge is 2.30. The maximum Gasteiger partial charge on any atom is 0.225 e.